The van der Waals surface area contributed by atoms with Crippen molar-refractivity contribution in [2.45, 2.75) is 26.2 Å². The van der Waals surface area contributed by atoms with Gasteiger partial charge in [0, 0.05) is 17.7 Å². The van der Waals surface area contributed by atoms with Crippen LogP contribution in [0.4, 0.5) is 0 Å². The lowest BCUT2D eigenvalue weighted by Crippen LogP contribution is -1.86. The lowest BCUT2D eigenvalue weighted by atomic mass is 10.0. The lowest BCUT2D eigenvalue weighted by Gasteiger charge is -2.03. The second-order valence-electron chi connectivity index (χ2n) is 3.55. The number of hydrogen-bond donors (Lipinski definition) is 1. The number of benzene rings is 1. The smallest absolute Gasteiger partial charge is 0.0245 e. The number of rotatable bonds is 2. The molecule has 14 heavy (non-hydrogen) atoms. The zero-order chi connectivity index (χ0) is 10.4. The summed E-state index contributed by atoms with van der Waals surface area (Å²) in [6.07, 6.45) is 0.856. The first-order chi connectivity index (χ1) is 6.74. The van der Waals surface area contributed by atoms with Gasteiger partial charge < -0.3 is 0 Å². The normalized spacial score (nSPS) is 9.71. The molecule has 1 aromatic carbocycles. The van der Waals surface area contributed by atoms with Crippen LogP contribution in [0.5, 0.6) is 0 Å². The molecule has 0 saturated carbocycles. The van der Waals surface area contributed by atoms with Crippen LogP contribution < -0.4 is 0 Å². The molecule has 0 heterocycles. The maximum absolute atomic E-state index is 4.11. The average molecular weight is 204 g/mol. The SMILES string of the molecule is CC(C)c1ccc(C#CCCS)cc1. The summed E-state index contributed by atoms with van der Waals surface area (Å²) in [6.45, 7) is 4.39. The van der Waals surface area contributed by atoms with Gasteiger partial charge in [-0.25, -0.2) is 0 Å². The highest BCUT2D eigenvalue weighted by Gasteiger charge is 1.96. The Kier molecular flexibility index (Phi) is 4.62. The Bertz CT molecular complexity index is 324. The van der Waals surface area contributed by atoms with Gasteiger partial charge in [-0.05, 0) is 23.6 Å². The summed E-state index contributed by atoms with van der Waals surface area (Å²) in [5, 5.41) is 0. The minimum Gasteiger partial charge on any atom is -0.178 e. The van der Waals surface area contributed by atoms with E-state index >= 15 is 0 Å². The maximum atomic E-state index is 4.11. The van der Waals surface area contributed by atoms with Crippen molar-refractivity contribution in [3.8, 4) is 11.8 Å². The van der Waals surface area contributed by atoms with Gasteiger partial charge in [0.1, 0.15) is 0 Å². The first kappa shape index (κ1) is 11.2. The Labute approximate surface area is 92.1 Å². The van der Waals surface area contributed by atoms with Crippen LogP contribution >= 0.6 is 12.6 Å². The molecule has 0 aromatic heterocycles. The van der Waals surface area contributed by atoms with Crippen molar-refractivity contribution in [3.05, 3.63) is 35.4 Å². The van der Waals surface area contributed by atoms with Gasteiger partial charge in [0.15, 0.2) is 0 Å². The van der Waals surface area contributed by atoms with E-state index in [-0.39, 0.29) is 0 Å². The van der Waals surface area contributed by atoms with Gasteiger partial charge in [0.2, 0.25) is 0 Å². The van der Waals surface area contributed by atoms with E-state index in [0.717, 1.165) is 17.7 Å². The van der Waals surface area contributed by atoms with Gasteiger partial charge in [-0.2, -0.15) is 12.6 Å². The molecule has 1 aromatic rings. The van der Waals surface area contributed by atoms with Crippen LogP contribution in [0.2, 0.25) is 0 Å². The summed E-state index contributed by atoms with van der Waals surface area (Å²) in [4.78, 5) is 0. The van der Waals surface area contributed by atoms with E-state index in [4.69, 9.17) is 0 Å². The van der Waals surface area contributed by atoms with Gasteiger partial charge in [-0.1, -0.05) is 37.8 Å². The van der Waals surface area contributed by atoms with Crippen molar-refractivity contribution in [1.29, 1.82) is 0 Å². The predicted molar refractivity (Wildman–Crippen MR) is 65.9 cm³/mol. The Hall–Kier alpha value is -0.870. The molecular formula is C13H16S. The second kappa shape index (κ2) is 5.78. The first-order valence-corrected chi connectivity index (χ1v) is 5.57. The van der Waals surface area contributed by atoms with Crippen molar-refractivity contribution < 1.29 is 0 Å². The Morgan fingerprint density at radius 1 is 1.21 bits per heavy atom. The third-order valence-corrected chi connectivity index (χ3v) is 2.27. The third-order valence-electron chi connectivity index (χ3n) is 2.05. The molecule has 1 rings (SSSR count). The van der Waals surface area contributed by atoms with Crippen LogP contribution in [0, 0.1) is 11.8 Å². The van der Waals surface area contributed by atoms with Crippen molar-refractivity contribution >= 4 is 12.6 Å². The van der Waals surface area contributed by atoms with Gasteiger partial charge in [0.05, 0.1) is 0 Å². The van der Waals surface area contributed by atoms with E-state index in [2.05, 4.69) is 62.6 Å². The van der Waals surface area contributed by atoms with E-state index < -0.39 is 0 Å². The lowest BCUT2D eigenvalue weighted by molar-refractivity contribution is 0.866. The van der Waals surface area contributed by atoms with Crippen LogP contribution in [0.3, 0.4) is 0 Å². The van der Waals surface area contributed by atoms with Crippen molar-refractivity contribution in [2.24, 2.45) is 0 Å². The summed E-state index contributed by atoms with van der Waals surface area (Å²) in [6, 6.07) is 8.46. The number of hydrogen-bond acceptors (Lipinski definition) is 1. The van der Waals surface area contributed by atoms with Crippen LogP contribution in [-0.2, 0) is 0 Å². The van der Waals surface area contributed by atoms with Gasteiger partial charge in [-0.3, -0.25) is 0 Å². The van der Waals surface area contributed by atoms with E-state index in [9.17, 15) is 0 Å². The molecule has 0 unspecified atom stereocenters. The molecule has 0 aliphatic heterocycles. The van der Waals surface area contributed by atoms with E-state index in [1.807, 2.05) is 0 Å². The van der Waals surface area contributed by atoms with Crippen molar-refractivity contribution in [2.75, 3.05) is 5.75 Å². The zero-order valence-electron chi connectivity index (χ0n) is 8.75. The molecular weight excluding hydrogens is 188 g/mol. The molecule has 0 radical (unpaired) electrons. The molecule has 0 amide bonds. The highest BCUT2D eigenvalue weighted by Crippen LogP contribution is 2.14. The summed E-state index contributed by atoms with van der Waals surface area (Å²) < 4.78 is 0. The van der Waals surface area contributed by atoms with Gasteiger partial charge >= 0.3 is 0 Å². The molecule has 74 valence electrons. The average Bonchev–Trinajstić information content (AvgIpc) is 2.19. The van der Waals surface area contributed by atoms with E-state index in [0.29, 0.717) is 5.92 Å². The van der Waals surface area contributed by atoms with Crippen molar-refractivity contribution in [1.82, 2.24) is 0 Å². The molecule has 0 atom stereocenters. The van der Waals surface area contributed by atoms with E-state index in [1.165, 1.54) is 5.56 Å². The third kappa shape index (κ3) is 3.47. The summed E-state index contributed by atoms with van der Waals surface area (Å²) >= 11 is 4.11. The number of thiol groups is 1. The highest BCUT2D eigenvalue weighted by atomic mass is 32.1. The minimum atomic E-state index is 0.592. The van der Waals surface area contributed by atoms with Crippen LogP contribution in [-0.4, -0.2) is 5.75 Å². The highest BCUT2D eigenvalue weighted by molar-refractivity contribution is 7.80. The summed E-state index contributed by atoms with van der Waals surface area (Å²) in [5.74, 6) is 7.61. The fraction of sp³-hybridized carbons (Fsp3) is 0.385. The molecule has 0 saturated heterocycles. The molecule has 0 N–H and O–H groups in total. The summed E-state index contributed by atoms with van der Waals surface area (Å²) in [7, 11) is 0. The van der Waals surface area contributed by atoms with Gasteiger partial charge in [-0.15, -0.1) is 0 Å². The predicted octanol–water partition coefficient (Wildman–Crippen LogP) is 3.48. The fourth-order valence-corrected chi connectivity index (χ4v) is 1.28. The van der Waals surface area contributed by atoms with E-state index in [1.54, 1.807) is 0 Å². The van der Waals surface area contributed by atoms with Gasteiger partial charge in [0.25, 0.3) is 0 Å². The topological polar surface area (TPSA) is 0 Å². The quantitative estimate of drug-likeness (QED) is 0.553. The van der Waals surface area contributed by atoms with Crippen molar-refractivity contribution in [3.63, 3.8) is 0 Å². The standard InChI is InChI=1S/C13H16S/c1-11(2)13-8-6-12(7-9-13)5-3-4-10-14/h6-9,11,14H,4,10H2,1-2H3. The molecule has 0 nitrogen and oxygen atoms in total. The fourth-order valence-electron chi connectivity index (χ4n) is 1.17. The summed E-state index contributed by atoms with van der Waals surface area (Å²) in [5.41, 5.74) is 2.46. The minimum absolute atomic E-state index is 0.592. The Morgan fingerprint density at radius 2 is 1.86 bits per heavy atom. The molecule has 0 aliphatic carbocycles. The first-order valence-electron chi connectivity index (χ1n) is 4.93. The maximum Gasteiger partial charge on any atom is 0.0245 e. The monoisotopic (exact) mass is 204 g/mol. The molecule has 0 fully saturated rings. The largest absolute Gasteiger partial charge is 0.178 e. The Balaban J connectivity index is 2.70. The van der Waals surface area contributed by atoms with Crippen LogP contribution in [0.15, 0.2) is 24.3 Å². The zero-order valence-corrected chi connectivity index (χ0v) is 9.64. The second-order valence-corrected chi connectivity index (χ2v) is 4.00. The molecule has 1 heteroatoms. The van der Waals surface area contributed by atoms with Crippen LogP contribution in [0.1, 0.15) is 37.3 Å². The Morgan fingerprint density at radius 3 is 2.36 bits per heavy atom. The van der Waals surface area contributed by atoms with Crippen LogP contribution in [0.25, 0.3) is 0 Å². The molecule has 0 spiro atoms. The molecule has 0 bridgehead atoms. The molecule has 0 aliphatic rings.